The van der Waals surface area contributed by atoms with Crippen LogP contribution in [0.1, 0.15) is 18.4 Å². The van der Waals surface area contributed by atoms with Gasteiger partial charge in [0.1, 0.15) is 5.82 Å². The first-order chi connectivity index (χ1) is 9.36. The van der Waals surface area contributed by atoms with E-state index in [1.807, 2.05) is 4.90 Å². The zero-order valence-electron chi connectivity index (χ0n) is 11.2. The zero-order chi connectivity index (χ0) is 14.8. The van der Waals surface area contributed by atoms with Gasteiger partial charge in [-0.2, -0.15) is 13.2 Å². The minimum Gasteiger partial charge on any atom is -0.369 e. The summed E-state index contributed by atoms with van der Waals surface area (Å²) in [7, 11) is 1.11. The molecule has 0 aromatic heterocycles. The lowest BCUT2D eigenvalue weighted by molar-refractivity contribution is -0.282. The van der Waals surface area contributed by atoms with Gasteiger partial charge >= 0.3 is 6.18 Å². The van der Waals surface area contributed by atoms with E-state index in [0.717, 1.165) is 12.7 Å². The third-order valence-electron chi connectivity index (χ3n) is 3.87. The number of benzene rings is 1. The van der Waals surface area contributed by atoms with Crippen LogP contribution in [0.3, 0.4) is 0 Å². The van der Waals surface area contributed by atoms with Crippen molar-refractivity contribution in [1.29, 1.82) is 0 Å². The van der Waals surface area contributed by atoms with Crippen LogP contribution in [-0.2, 0) is 11.3 Å². The minimum absolute atomic E-state index is 0.0949. The molecule has 0 N–H and O–H groups in total. The number of likely N-dealkylation sites (tertiary alicyclic amines) is 1. The van der Waals surface area contributed by atoms with Crippen LogP contribution in [0.4, 0.5) is 17.6 Å². The highest BCUT2D eigenvalue weighted by Gasteiger charge is 2.56. The average molecular weight is 291 g/mol. The van der Waals surface area contributed by atoms with E-state index < -0.39 is 11.8 Å². The predicted octanol–water partition coefficient (Wildman–Crippen LogP) is 3.37. The summed E-state index contributed by atoms with van der Waals surface area (Å²) in [6.45, 7) is 1.02. The van der Waals surface area contributed by atoms with Crippen molar-refractivity contribution in [3.8, 4) is 0 Å². The number of piperidine rings is 1. The molecular formula is C14H17F4NO. The zero-order valence-corrected chi connectivity index (χ0v) is 11.2. The van der Waals surface area contributed by atoms with Gasteiger partial charge in [-0.15, -0.1) is 0 Å². The number of ether oxygens (including phenoxy) is 1. The quantitative estimate of drug-likeness (QED) is 0.792. The molecule has 0 aliphatic carbocycles. The third kappa shape index (κ3) is 3.12. The number of halogens is 4. The van der Waals surface area contributed by atoms with Gasteiger partial charge in [-0.3, -0.25) is 4.90 Å². The first kappa shape index (κ1) is 15.3. The Hall–Kier alpha value is -1.14. The van der Waals surface area contributed by atoms with Gasteiger partial charge in [-0.25, -0.2) is 4.39 Å². The summed E-state index contributed by atoms with van der Waals surface area (Å²) in [4.78, 5) is 1.89. The maximum atomic E-state index is 13.1. The van der Waals surface area contributed by atoms with Crippen molar-refractivity contribution >= 4 is 0 Å². The fourth-order valence-electron chi connectivity index (χ4n) is 2.57. The molecule has 1 aliphatic rings. The van der Waals surface area contributed by atoms with E-state index in [-0.39, 0.29) is 31.7 Å². The number of nitrogens with zero attached hydrogens (tertiary/aromatic N) is 1. The second kappa shape index (κ2) is 5.69. The molecule has 6 heteroatoms. The largest absolute Gasteiger partial charge is 0.417 e. The summed E-state index contributed by atoms with van der Waals surface area (Å²) in [5.74, 6) is -0.332. The van der Waals surface area contributed by atoms with Gasteiger partial charge < -0.3 is 4.74 Å². The Bertz CT molecular complexity index is 453. The van der Waals surface area contributed by atoms with Crippen molar-refractivity contribution in [1.82, 2.24) is 4.90 Å². The summed E-state index contributed by atoms with van der Waals surface area (Å²) >= 11 is 0. The van der Waals surface area contributed by atoms with Crippen molar-refractivity contribution in [3.63, 3.8) is 0 Å². The van der Waals surface area contributed by atoms with Crippen LogP contribution in [0.25, 0.3) is 0 Å². The van der Waals surface area contributed by atoms with Crippen molar-refractivity contribution in [2.45, 2.75) is 31.2 Å². The number of hydrogen-bond donors (Lipinski definition) is 0. The molecule has 0 bridgehead atoms. The predicted molar refractivity (Wildman–Crippen MR) is 66.7 cm³/mol. The molecule has 1 aliphatic heterocycles. The highest BCUT2D eigenvalue weighted by atomic mass is 19.4. The SMILES string of the molecule is COC1(C(F)(F)F)CCN(Cc2cccc(F)c2)CC1. The molecule has 2 rings (SSSR count). The van der Waals surface area contributed by atoms with Crippen LogP contribution < -0.4 is 0 Å². The van der Waals surface area contributed by atoms with Crippen LogP contribution >= 0.6 is 0 Å². The summed E-state index contributed by atoms with van der Waals surface area (Å²) in [6.07, 6.45) is -4.54. The van der Waals surface area contributed by atoms with Crippen molar-refractivity contribution in [2.75, 3.05) is 20.2 Å². The molecule has 1 aromatic carbocycles. The second-order valence-electron chi connectivity index (χ2n) is 5.10. The Labute approximate surface area is 115 Å². The molecule has 0 saturated carbocycles. The van der Waals surface area contributed by atoms with E-state index in [0.29, 0.717) is 6.54 Å². The Morgan fingerprint density at radius 3 is 2.40 bits per heavy atom. The van der Waals surface area contributed by atoms with Gasteiger partial charge in [-0.05, 0) is 30.5 Å². The third-order valence-corrected chi connectivity index (χ3v) is 3.87. The highest BCUT2D eigenvalue weighted by molar-refractivity contribution is 5.16. The van der Waals surface area contributed by atoms with E-state index in [4.69, 9.17) is 4.74 Å². The molecule has 112 valence electrons. The lowest BCUT2D eigenvalue weighted by Gasteiger charge is -2.41. The molecule has 0 atom stereocenters. The van der Waals surface area contributed by atoms with Gasteiger partial charge in [0.2, 0.25) is 0 Å². The molecule has 1 aromatic rings. The molecule has 0 amide bonds. The molecule has 1 heterocycles. The molecule has 0 unspecified atom stereocenters. The van der Waals surface area contributed by atoms with E-state index in [9.17, 15) is 17.6 Å². The highest BCUT2D eigenvalue weighted by Crippen LogP contribution is 2.41. The summed E-state index contributed by atoms with van der Waals surface area (Å²) in [5.41, 5.74) is -1.27. The van der Waals surface area contributed by atoms with Crippen molar-refractivity contribution in [2.24, 2.45) is 0 Å². The van der Waals surface area contributed by atoms with Crippen LogP contribution in [0, 0.1) is 5.82 Å². The molecule has 1 fully saturated rings. The Kier molecular flexibility index (Phi) is 4.34. The van der Waals surface area contributed by atoms with Gasteiger partial charge in [0.25, 0.3) is 0 Å². The molecular weight excluding hydrogens is 274 g/mol. The smallest absolute Gasteiger partial charge is 0.369 e. The second-order valence-corrected chi connectivity index (χ2v) is 5.10. The molecule has 20 heavy (non-hydrogen) atoms. The van der Waals surface area contributed by atoms with Crippen LogP contribution in [0.15, 0.2) is 24.3 Å². The maximum absolute atomic E-state index is 13.1. The lowest BCUT2D eigenvalue weighted by Crippen LogP contribution is -2.54. The van der Waals surface area contributed by atoms with E-state index in [1.165, 1.54) is 12.1 Å². The standard InChI is InChI=1S/C14H17F4NO/c1-20-13(14(16,17)18)5-7-19(8-6-13)10-11-3-2-4-12(15)9-11/h2-4,9H,5-8,10H2,1H3. The van der Waals surface area contributed by atoms with E-state index >= 15 is 0 Å². The topological polar surface area (TPSA) is 12.5 Å². The van der Waals surface area contributed by atoms with Crippen LogP contribution in [0.2, 0.25) is 0 Å². The van der Waals surface area contributed by atoms with Crippen LogP contribution in [-0.4, -0.2) is 36.9 Å². The molecule has 1 saturated heterocycles. The van der Waals surface area contributed by atoms with E-state index in [1.54, 1.807) is 12.1 Å². The Balaban J connectivity index is 1.97. The van der Waals surface area contributed by atoms with E-state index in [2.05, 4.69) is 0 Å². The fourth-order valence-corrected chi connectivity index (χ4v) is 2.57. The van der Waals surface area contributed by atoms with Gasteiger partial charge in [0.15, 0.2) is 5.60 Å². The lowest BCUT2D eigenvalue weighted by atomic mass is 9.90. The summed E-state index contributed by atoms with van der Waals surface area (Å²) in [5, 5.41) is 0. The average Bonchev–Trinajstić information content (AvgIpc) is 2.38. The summed E-state index contributed by atoms with van der Waals surface area (Å²) < 4.78 is 56.8. The van der Waals surface area contributed by atoms with Crippen LogP contribution in [0.5, 0.6) is 0 Å². The van der Waals surface area contributed by atoms with Crippen molar-refractivity contribution < 1.29 is 22.3 Å². The Morgan fingerprint density at radius 1 is 1.25 bits per heavy atom. The minimum atomic E-state index is -4.35. The molecule has 0 radical (unpaired) electrons. The Morgan fingerprint density at radius 2 is 1.90 bits per heavy atom. The normalized spacial score (nSPS) is 20.1. The number of alkyl halides is 3. The van der Waals surface area contributed by atoms with Gasteiger partial charge in [-0.1, -0.05) is 12.1 Å². The number of methoxy groups -OCH3 is 1. The van der Waals surface area contributed by atoms with Crippen molar-refractivity contribution in [3.05, 3.63) is 35.6 Å². The number of rotatable bonds is 3. The molecule has 2 nitrogen and oxygen atoms in total. The maximum Gasteiger partial charge on any atom is 0.417 e. The van der Waals surface area contributed by atoms with Gasteiger partial charge in [0.05, 0.1) is 0 Å². The fraction of sp³-hybridized carbons (Fsp3) is 0.571. The van der Waals surface area contributed by atoms with Gasteiger partial charge in [0, 0.05) is 26.7 Å². The first-order valence-electron chi connectivity index (χ1n) is 6.45. The number of hydrogen-bond acceptors (Lipinski definition) is 2. The monoisotopic (exact) mass is 291 g/mol. The first-order valence-corrected chi connectivity index (χ1v) is 6.45. The summed E-state index contributed by atoms with van der Waals surface area (Å²) in [6, 6.07) is 6.12. The molecule has 0 spiro atoms.